The molecule has 0 saturated heterocycles. The van der Waals surface area contributed by atoms with Crippen LogP contribution in [-0.4, -0.2) is 19.8 Å². The predicted octanol–water partition coefficient (Wildman–Crippen LogP) is 2.31. The van der Waals surface area contributed by atoms with Gasteiger partial charge in [0.2, 0.25) is 0 Å². The smallest absolute Gasteiger partial charge is 0.101 e. The standard InChI is InChI=1S/C12H16N2O/c1-9-5-4-6-11(7-13)12(9)14-10(2)8-15-3/h4-6,10,14H,8H2,1-3H3. The summed E-state index contributed by atoms with van der Waals surface area (Å²) in [4.78, 5) is 0. The summed E-state index contributed by atoms with van der Waals surface area (Å²) in [5.74, 6) is 0. The van der Waals surface area contributed by atoms with Crippen molar-refractivity contribution in [3.05, 3.63) is 29.3 Å². The molecule has 1 rings (SSSR count). The SMILES string of the molecule is COCC(C)Nc1c(C)cccc1C#N. The zero-order valence-corrected chi connectivity index (χ0v) is 9.37. The summed E-state index contributed by atoms with van der Waals surface area (Å²) < 4.78 is 5.04. The number of rotatable bonds is 4. The van der Waals surface area contributed by atoms with E-state index in [0.29, 0.717) is 12.2 Å². The molecule has 1 N–H and O–H groups in total. The van der Waals surface area contributed by atoms with Gasteiger partial charge in [-0.05, 0) is 25.5 Å². The predicted molar refractivity (Wildman–Crippen MR) is 60.9 cm³/mol. The Bertz CT molecular complexity index is 368. The molecule has 1 aromatic rings. The molecule has 15 heavy (non-hydrogen) atoms. The van der Waals surface area contributed by atoms with Gasteiger partial charge in [0.05, 0.1) is 17.9 Å². The van der Waals surface area contributed by atoms with E-state index in [4.69, 9.17) is 10.00 Å². The lowest BCUT2D eigenvalue weighted by atomic mass is 10.1. The Morgan fingerprint density at radius 2 is 2.27 bits per heavy atom. The Hall–Kier alpha value is -1.53. The summed E-state index contributed by atoms with van der Waals surface area (Å²) in [6, 6.07) is 8.07. The van der Waals surface area contributed by atoms with Gasteiger partial charge in [-0.25, -0.2) is 0 Å². The van der Waals surface area contributed by atoms with Gasteiger partial charge in [0.1, 0.15) is 6.07 Å². The van der Waals surface area contributed by atoms with Gasteiger partial charge in [-0.2, -0.15) is 5.26 Å². The Labute approximate surface area is 90.7 Å². The molecule has 0 aliphatic heterocycles. The Kier molecular flexibility index (Phi) is 4.14. The first-order chi connectivity index (χ1) is 7.19. The molecule has 3 heteroatoms. The van der Waals surface area contributed by atoms with Gasteiger partial charge < -0.3 is 10.1 Å². The van der Waals surface area contributed by atoms with E-state index in [1.54, 1.807) is 7.11 Å². The molecule has 3 nitrogen and oxygen atoms in total. The lowest BCUT2D eigenvalue weighted by molar-refractivity contribution is 0.190. The van der Waals surface area contributed by atoms with Gasteiger partial charge >= 0.3 is 0 Å². The van der Waals surface area contributed by atoms with Crippen molar-refractivity contribution in [1.82, 2.24) is 0 Å². The molecule has 0 fully saturated rings. The fraction of sp³-hybridized carbons (Fsp3) is 0.417. The molecule has 0 aromatic heterocycles. The largest absolute Gasteiger partial charge is 0.383 e. The monoisotopic (exact) mass is 204 g/mol. The summed E-state index contributed by atoms with van der Waals surface area (Å²) in [5, 5.41) is 12.2. The number of para-hydroxylation sites is 1. The zero-order valence-electron chi connectivity index (χ0n) is 9.37. The maximum absolute atomic E-state index is 8.96. The summed E-state index contributed by atoms with van der Waals surface area (Å²) >= 11 is 0. The summed E-state index contributed by atoms with van der Waals surface area (Å²) in [6.45, 7) is 4.64. The van der Waals surface area contributed by atoms with Crippen LogP contribution >= 0.6 is 0 Å². The second-order valence-corrected chi connectivity index (χ2v) is 3.61. The normalized spacial score (nSPS) is 11.9. The Morgan fingerprint density at radius 1 is 1.53 bits per heavy atom. The summed E-state index contributed by atoms with van der Waals surface area (Å²) in [5.41, 5.74) is 2.67. The van der Waals surface area contributed by atoms with Crippen LogP contribution in [0.4, 0.5) is 5.69 Å². The van der Waals surface area contributed by atoms with Crippen LogP contribution in [0.15, 0.2) is 18.2 Å². The number of nitrogens with zero attached hydrogens (tertiary/aromatic N) is 1. The van der Waals surface area contributed by atoms with E-state index in [9.17, 15) is 0 Å². The van der Waals surface area contributed by atoms with E-state index in [2.05, 4.69) is 11.4 Å². The number of benzene rings is 1. The first-order valence-electron chi connectivity index (χ1n) is 4.94. The van der Waals surface area contributed by atoms with Gasteiger partial charge in [-0.3, -0.25) is 0 Å². The van der Waals surface area contributed by atoms with E-state index in [-0.39, 0.29) is 6.04 Å². The number of anilines is 1. The molecule has 1 aromatic carbocycles. The first kappa shape index (κ1) is 11.5. The number of methoxy groups -OCH3 is 1. The van der Waals surface area contributed by atoms with E-state index in [0.717, 1.165) is 11.3 Å². The highest BCUT2D eigenvalue weighted by atomic mass is 16.5. The molecular formula is C12H16N2O. The maximum atomic E-state index is 8.96. The fourth-order valence-electron chi connectivity index (χ4n) is 1.49. The molecule has 80 valence electrons. The average Bonchev–Trinajstić information content (AvgIpc) is 2.21. The molecule has 0 aliphatic carbocycles. The molecule has 1 atom stereocenters. The molecule has 0 radical (unpaired) electrons. The maximum Gasteiger partial charge on any atom is 0.101 e. The van der Waals surface area contributed by atoms with E-state index >= 15 is 0 Å². The second-order valence-electron chi connectivity index (χ2n) is 3.61. The number of nitrogens with one attached hydrogen (secondary N) is 1. The van der Waals surface area contributed by atoms with Crippen molar-refractivity contribution in [3.8, 4) is 6.07 Å². The van der Waals surface area contributed by atoms with Crippen molar-refractivity contribution in [2.45, 2.75) is 19.9 Å². The molecule has 0 aliphatic rings. The van der Waals surface area contributed by atoms with E-state index in [1.807, 2.05) is 32.0 Å². The third-order valence-corrected chi connectivity index (χ3v) is 2.20. The molecule has 1 unspecified atom stereocenters. The summed E-state index contributed by atoms with van der Waals surface area (Å²) in [6.07, 6.45) is 0. The third-order valence-electron chi connectivity index (χ3n) is 2.20. The number of hydrogen-bond donors (Lipinski definition) is 1. The third kappa shape index (κ3) is 2.97. The molecule has 0 heterocycles. The van der Waals surface area contributed by atoms with Crippen molar-refractivity contribution in [2.75, 3.05) is 19.0 Å². The summed E-state index contributed by atoms with van der Waals surface area (Å²) in [7, 11) is 1.67. The number of ether oxygens (including phenoxy) is 1. The number of aryl methyl sites for hydroxylation is 1. The van der Waals surface area contributed by atoms with Crippen LogP contribution in [0.2, 0.25) is 0 Å². The Morgan fingerprint density at radius 3 is 2.87 bits per heavy atom. The molecule has 0 bridgehead atoms. The highest BCUT2D eigenvalue weighted by molar-refractivity contribution is 5.62. The van der Waals surface area contributed by atoms with Gasteiger partial charge in [0, 0.05) is 13.2 Å². The van der Waals surface area contributed by atoms with E-state index in [1.165, 1.54) is 0 Å². The van der Waals surface area contributed by atoms with Crippen LogP contribution in [0.25, 0.3) is 0 Å². The first-order valence-corrected chi connectivity index (χ1v) is 4.94. The quantitative estimate of drug-likeness (QED) is 0.818. The van der Waals surface area contributed by atoms with Crippen molar-refractivity contribution in [2.24, 2.45) is 0 Å². The van der Waals surface area contributed by atoms with Crippen LogP contribution in [-0.2, 0) is 4.74 Å². The molecular weight excluding hydrogens is 188 g/mol. The highest BCUT2D eigenvalue weighted by Gasteiger charge is 2.07. The van der Waals surface area contributed by atoms with Crippen molar-refractivity contribution < 1.29 is 4.74 Å². The van der Waals surface area contributed by atoms with Crippen molar-refractivity contribution >= 4 is 5.69 Å². The molecule has 0 spiro atoms. The topological polar surface area (TPSA) is 45.0 Å². The van der Waals surface area contributed by atoms with Gasteiger partial charge in [0.15, 0.2) is 0 Å². The second kappa shape index (κ2) is 5.38. The van der Waals surface area contributed by atoms with Crippen LogP contribution in [0.5, 0.6) is 0 Å². The van der Waals surface area contributed by atoms with Gasteiger partial charge in [0.25, 0.3) is 0 Å². The Balaban J connectivity index is 2.88. The zero-order chi connectivity index (χ0) is 11.3. The van der Waals surface area contributed by atoms with E-state index < -0.39 is 0 Å². The minimum Gasteiger partial charge on any atom is -0.383 e. The van der Waals surface area contributed by atoms with Gasteiger partial charge in [-0.15, -0.1) is 0 Å². The number of hydrogen-bond acceptors (Lipinski definition) is 3. The molecule has 0 amide bonds. The lowest BCUT2D eigenvalue weighted by Gasteiger charge is -2.17. The van der Waals surface area contributed by atoms with Crippen LogP contribution in [0, 0.1) is 18.3 Å². The van der Waals surface area contributed by atoms with Crippen LogP contribution < -0.4 is 5.32 Å². The molecule has 0 saturated carbocycles. The van der Waals surface area contributed by atoms with Crippen LogP contribution in [0.3, 0.4) is 0 Å². The minimum absolute atomic E-state index is 0.197. The highest BCUT2D eigenvalue weighted by Crippen LogP contribution is 2.20. The lowest BCUT2D eigenvalue weighted by Crippen LogP contribution is -2.21. The fourth-order valence-corrected chi connectivity index (χ4v) is 1.49. The van der Waals surface area contributed by atoms with Crippen molar-refractivity contribution in [1.29, 1.82) is 5.26 Å². The average molecular weight is 204 g/mol. The van der Waals surface area contributed by atoms with Gasteiger partial charge in [-0.1, -0.05) is 12.1 Å². The van der Waals surface area contributed by atoms with Crippen molar-refractivity contribution in [3.63, 3.8) is 0 Å². The number of nitriles is 1. The minimum atomic E-state index is 0.197. The van der Waals surface area contributed by atoms with Crippen LogP contribution in [0.1, 0.15) is 18.1 Å².